The van der Waals surface area contributed by atoms with Crippen molar-refractivity contribution >= 4 is 16.8 Å². The molecule has 4 heteroatoms. The monoisotopic (exact) mass is 412 g/mol. The molecule has 0 amide bonds. The average Bonchev–Trinajstić information content (AvgIpc) is 3.36. The highest BCUT2D eigenvalue weighted by molar-refractivity contribution is 5.99. The highest BCUT2D eigenvalue weighted by Gasteiger charge is 2.23. The molecule has 1 heterocycles. The van der Waals surface area contributed by atoms with Crippen LogP contribution in [0.2, 0.25) is 0 Å². The number of nitrogens with zero attached hydrogens (tertiary/aromatic N) is 2. The van der Waals surface area contributed by atoms with Crippen molar-refractivity contribution in [1.29, 1.82) is 0 Å². The second-order valence-corrected chi connectivity index (χ2v) is 9.73. The molecule has 1 aliphatic rings. The van der Waals surface area contributed by atoms with Crippen LogP contribution in [0.25, 0.3) is 11.0 Å². The van der Waals surface area contributed by atoms with Crippen LogP contribution < -0.4 is 0 Å². The minimum absolute atomic E-state index is 0.0354. The topological polar surface area (TPSA) is 55.1 Å². The lowest BCUT2D eigenvalue weighted by atomic mass is 9.91. The van der Waals surface area contributed by atoms with E-state index in [2.05, 4.69) is 38.3 Å². The summed E-state index contributed by atoms with van der Waals surface area (Å²) in [5.74, 6) is 2.58. The van der Waals surface area contributed by atoms with E-state index in [1.807, 2.05) is 12.1 Å². The molecule has 0 bridgehead atoms. The first-order valence-electron chi connectivity index (χ1n) is 12.1. The minimum Gasteiger partial charge on any atom is -0.396 e. The van der Waals surface area contributed by atoms with E-state index in [-0.39, 0.29) is 18.3 Å². The summed E-state index contributed by atoms with van der Waals surface area (Å²) < 4.78 is 2.46. The van der Waals surface area contributed by atoms with Crippen LogP contribution in [0.1, 0.15) is 101 Å². The number of hydrogen-bond acceptors (Lipinski definition) is 3. The number of Topliss-reactive ketones (excluding diaryl/α,β-unsaturated/α-hetero) is 1. The summed E-state index contributed by atoms with van der Waals surface area (Å²) in [4.78, 5) is 18.0. The number of benzene rings is 1. The number of fused-ring (bicyclic) bond motifs is 1. The molecule has 1 aliphatic carbocycles. The van der Waals surface area contributed by atoms with Crippen LogP contribution in [-0.2, 0) is 6.42 Å². The maximum Gasteiger partial charge on any atom is 0.163 e. The Balaban J connectivity index is 1.90. The zero-order valence-corrected chi connectivity index (χ0v) is 19.4. The van der Waals surface area contributed by atoms with Crippen molar-refractivity contribution in [3.05, 3.63) is 29.6 Å². The van der Waals surface area contributed by atoms with Gasteiger partial charge in [0.1, 0.15) is 5.82 Å². The largest absolute Gasteiger partial charge is 0.396 e. The second-order valence-electron chi connectivity index (χ2n) is 9.73. The molecule has 1 N–H and O–H groups in total. The fourth-order valence-electron chi connectivity index (χ4n) is 5.27. The van der Waals surface area contributed by atoms with Crippen LogP contribution in [-0.4, -0.2) is 27.0 Å². The van der Waals surface area contributed by atoms with Crippen LogP contribution in [0, 0.1) is 17.8 Å². The van der Waals surface area contributed by atoms with Crippen molar-refractivity contribution in [3.63, 3.8) is 0 Å². The molecular formula is C26H40N2O2. The second kappa shape index (κ2) is 10.6. The van der Waals surface area contributed by atoms with Crippen LogP contribution in [0.5, 0.6) is 0 Å². The number of carbonyl (C=O) groups excluding carboxylic acids is 1. The van der Waals surface area contributed by atoms with Gasteiger partial charge in [0, 0.05) is 31.1 Å². The Morgan fingerprint density at radius 2 is 1.90 bits per heavy atom. The van der Waals surface area contributed by atoms with Crippen molar-refractivity contribution in [2.75, 3.05) is 6.61 Å². The number of aliphatic hydroxyl groups is 1. The fraction of sp³-hybridized carbons (Fsp3) is 0.692. The molecule has 2 aromatic rings. The molecule has 1 aromatic heterocycles. The number of imidazole rings is 1. The van der Waals surface area contributed by atoms with Gasteiger partial charge >= 0.3 is 0 Å². The van der Waals surface area contributed by atoms with Crippen molar-refractivity contribution in [2.24, 2.45) is 17.8 Å². The zero-order chi connectivity index (χ0) is 21.7. The summed E-state index contributed by atoms with van der Waals surface area (Å²) >= 11 is 0. The van der Waals surface area contributed by atoms with E-state index in [0.717, 1.165) is 48.2 Å². The normalized spacial score (nSPS) is 16.2. The maximum absolute atomic E-state index is 12.9. The number of carbonyl (C=O) groups is 1. The Morgan fingerprint density at radius 3 is 2.50 bits per heavy atom. The third kappa shape index (κ3) is 5.32. The first-order chi connectivity index (χ1) is 14.5. The number of ketones is 1. The fourth-order valence-corrected chi connectivity index (χ4v) is 5.27. The number of aromatic nitrogens is 2. The molecule has 0 radical (unpaired) electrons. The Labute approximate surface area is 182 Å². The van der Waals surface area contributed by atoms with E-state index in [1.54, 1.807) is 0 Å². The summed E-state index contributed by atoms with van der Waals surface area (Å²) in [6.45, 7) is 8.84. The lowest BCUT2D eigenvalue weighted by molar-refractivity contribution is 0.0924. The van der Waals surface area contributed by atoms with Gasteiger partial charge < -0.3 is 9.67 Å². The quantitative estimate of drug-likeness (QED) is 0.437. The minimum atomic E-state index is 0.0354. The van der Waals surface area contributed by atoms with Crippen LogP contribution in [0.4, 0.5) is 0 Å². The van der Waals surface area contributed by atoms with Gasteiger partial charge in [0.25, 0.3) is 0 Å². The molecule has 1 aromatic carbocycles. The molecule has 4 nitrogen and oxygen atoms in total. The van der Waals surface area contributed by atoms with Gasteiger partial charge in [-0.05, 0) is 55.2 Å². The average molecular weight is 413 g/mol. The molecule has 0 spiro atoms. The number of rotatable bonds is 11. The van der Waals surface area contributed by atoms with E-state index >= 15 is 0 Å². The van der Waals surface area contributed by atoms with Gasteiger partial charge in [-0.1, -0.05) is 53.4 Å². The standard InChI is InChI=1S/C26H40N2O2/c1-5-22(6-2)28-24-12-11-21(25(30)14-20(17-29)13-18(3)4)16-23(24)27-26(28)15-19-9-7-8-10-19/h11-12,16,18-20,22,29H,5-10,13-15,17H2,1-4H3/t20-/m0/s1. The Kier molecular flexibility index (Phi) is 8.10. The van der Waals surface area contributed by atoms with E-state index in [1.165, 1.54) is 31.5 Å². The molecular weight excluding hydrogens is 372 g/mol. The van der Waals surface area contributed by atoms with Crippen LogP contribution >= 0.6 is 0 Å². The number of hydrogen-bond donors (Lipinski definition) is 1. The first-order valence-corrected chi connectivity index (χ1v) is 12.1. The van der Waals surface area contributed by atoms with E-state index < -0.39 is 0 Å². The lowest BCUT2D eigenvalue weighted by Crippen LogP contribution is -2.15. The van der Waals surface area contributed by atoms with Gasteiger partial charge in [0.15, 0.2) is 5.78 Å². The van der Waals surface area contributed by atoms with Gasteiger partial charge in [0.05, 0.1) is 11.0 Å². The highest BCUT2D eigenvalue weighted by atomic mass is 16.3. The summed E-state index contributed by atoms with van der Waals surface area (Å²) in [6.07, 6.45) is 9.83. The van der Waals surface area contributed by atoms with Crippen molar-refractivity contribution in [2.45, 2.75) is 91.5 Å². The van der Waals surface area contributed by atoms with Crippen molar-refractivity contribution in [3.8, 4) is 0 Å². The van der Waals surface area contributed by atoms with Gasteiger partial charge in [-0.25, -0.2) is 4.98 Å². The molecule has 0 saturated heterocycles. The van der Waals surface area contributed by atoms with E-state index in [9.17, 15) is 9.90 Å². The molecule has 1 fully saturated rings. The Hall–Kier alpha value is -1.68. The molecule has 0 unspecified atom stereocenters. The first kappa shape index (κ1) is 23.0. The Morgan fingerprint density at radius 1 is 1.20 bits per heavy atom. The molecule has 3 rings (SSSR count). The van der Waals surface area contributed by atoms with Gasteiger partial charge in [0.2, 0.25) is 0 Å². The third-order valence-electron chi connectivity index (χ3n) is 6.88. The number of aliphatic hydroxyl groups excluding tert-OH is 1. The molecule has 1 atom stereocenters. The molecule has 166 valence electrons. The highest BCUT2D eigenvalue weighted by Crippen LogP contribution is 2.32. The smallest absolute Gasteiger partial charge is 0.163 e. The van der Waals surface area contributed by atoms with E-state index in [0.29, 0.717) is 18.4 Å². The summed E-state index contributed by atoms with van der Waals surface area (Å²) in [5.41, 5.74) is 2.84. The van der Waals surface area contributed by atoms with E-state index in [4.69, 9.17) is 4.98 Å². The SMILES string of the molecule is CCC(CC)n1c(CC2CCCC2)nc2cc(C(=O)C[C@@H](CO)CC(C)C)ccc21. The summed E-state index contributed by atoms with van der Waals surface area (Å²) in [5, 5.41) is 9.67. The molecule has 1 saturated carbocycles. The molecule has 0 aliphatic heterocycles. The molecule has 30 heavy (non-hydrogen) atoms. The lowest BCUT2D eigenvalue weighted by Gasteiger charge is -2.20. The predicted molar refractivity (Wildman–Crippen MR) is 124 cm³/mol. The van der Waals surface area contributed by atoms with Gasteiger partial charge in [-0.2, -0.15) is 0 Å². The zero-order valence-electron chi connectivity index (χ0n) is 19.4. The van der Waals surface area contributed by atoms with Crippen molar-refractivity contribution in [1.82, 2.24) is 9.55 Å². The van der Waals surface area contributed by atoms with Gasteiger partial charge in [-0.3, -0.25) is 4.79 Å². The maximum atomic E-state index is 12.9. The third-order valence-corrected chi connectivity index (χ3v) is 6.88. The van der Waals surface area contributed by atoms with Crippen molar-refractivity contribution < 1.29 is 9.90 Å². The van der Waals surface area contributed by atoms with Crippen LogP contribution in [0.15, 0.2) is 18.2 Å². The van der Waals surface area contributed by atoms with Gasteiger partial charge in [-0.15, -0.1) is 0 Å². The predicted octanol–water partition coefficient (Wildman–Crippen LogP) is 6.36. The summed E-state index contributed by atoms with van der Waals surface area (Å²) in [7, 11) is 0. The Bertz CT molecular complexity index is 829. The summed E-state index contributed by atoms with van der Waals surface area (Å²) in [6, 6.07) is 6.51. The van der Waals surface area contributed by atoms with Crippen LogP contribution in [0.3, 0.4) is 0 Å².